The van der Waals surface area contributed by atoms with Crippen molar-refractivity contribution in [2.75, 3.05) is 7.11 Å². The third kappa shape index (κ3) is 4.65. The van der Waals surface area contributed by atoms with Crippen LogP contribution in [0.25, 0.3) is 11.2 Å². The Hall–Kier alpha value is -4.09. The van der Waals surface area contributed by atoms with Crippen molar-refractivity contribution in [2.45, 2.75) is 19.3 Å². The second-order valence-corrected chi connectivity index (χ2v) is 7.43. The van der Waals surface area contributed by atoms with E-state index in [1.807, 2.05) is 0 Å². The standard InChI is InChI=1S/C22H18F4N4O4/c1-29-19-18(20(31)28-21(29)32)30(11-12-3-5-14(33-2)6-4-12)17(27-19)10-13-9-15(7-8-16(13)23)34-22(24,25)26/h3-9H,10-11H2,1-2H3,(H,28,31,32). The minimum atomic E-state index is -4.94. The molecule has 0 bridgehead atoms. The molecule has 8 nitrogen and oxygen atoms in total. The number of halogens is 4. The molecule has 2 heterocycles. The van der Waals surface area contributed by atoms with Crippen molar-refractivity contribution in [1.29, 1.82) is 0 Å². The van der Waals surface area contributed by atoms with Crippen LogP contribution < -0.4 is 20.7 Å². The molecule has 0 unspecified atom stereocenters. The molecule has 0 atom stereocenters. The fraction of sp³-hybridized carbons (Fsp3) is 0.227. The number of nitrogens with one attached hydrogen (secondary N) is 1. The molecule has 1 N–H and O–H groups in total. The molecule has 0 aliphatic carbocycles. The number of aryl methyl sites for hydroxylation is 1. The lowest BCUT2D eigenvalue weighted by Gasteiger charge is -2.12. The summed E-state index contributed by atoms with van der Waals surface area (Å²) in [5.41, 5.74) is -0.653. The van der Waals surface area contributed by atoms with Crippen LogP contribution in [0, 0.1) is 5.82 Å². The zero-order chi connectivity index (χ0) is 24.6. The Morgan fingerprint density at radius 1 is 1.06 bits per heavy atom. The van der Waals surface area contributed by atoms with E-state index in [0.29, 0.717) is 5.75 Å². The highest BCUT2D eigenvalue weighted by Crippen LogP contribution is 2.26. The van der Waals surface area contributed by atoms with Gasteiger partial charge in [-0.1, -0.05) is 12.1 Å². The first-order valence-corrected chi connectivity index (χ1v) is 9.91. The Balaban J connectivity index is 1.83. The van der Waals surface area contributed by atoms with Gasteiger partial charge in [-0.3, -0.25) is 14.3 Å². The van der Waals surface area contributed by atoms with Crippen molar-refractivity contribution in [3.05, 3.63) is 86.1 Å². The number of aromatic amines is 1. The Bertz CT molecular complexity index is 1470. The third-order valence-electron chi connectivity index (χ3n) is 5.19. The highest BCUT2D eigenvalue weighted by atomic mass is 19.4. The fourth-order valence-electron chi connectivity index (χ4n) is 3.55. The van der Waals surface area contributed by atoms with Crippen LogP contribution in [0.1, 0.15) is 17.0 Å². The fourth-order valence-corrected chi connectivity index (χ4v) is 3.55. The monoisotopic (exact) mass is 478 g/mol. The molecule has 0 amide bonds. The van der Waals surface area contributed by atoms with Crippen molar-refractivity contribution in [1.82, 2.24) is 19.1 Å². The summed E-state index contributed by atoms with van der Waals surface area (Å²) in [6.45, 7) is 0.122. The molecule has 0 radical (unpaired) electrons. The highest BCUT2D eigenvalue weighted by Gasteiger charge is 2.31. The average Bonchev–Trinajstić information content (AvgIpc) is 3.12. The third-order valence-corrected chi connectivity index (χ3v) is 5.19. The minimum absolute atomic E-state index is 0.0559. The number of fused-ring (bicyclic) bond motifs is 1. The number of imidazole rings is 1. The summed E-state index contributed by atoms with van der Waals surface area (Å²) in [4.78, 5) is 31.2. The molecule has 12 heteroatoms. The van der Waals surface area contributed by atoms with E-state index in [-0.39, 0.29) is 35.5 Å². The summed E-state index contributed by atoms with van der Waals surface area (Å²) in [5.74, 6) is -0.587. The Labute approximate surface area is 189 Å². The predicted molar refractivity (Wildman–Crippen MR) is 114 cm³/mol. The first-order chi connectivity index (χ1) is 16.1. The summed E-state index contributed by atoms with van der Waals surface area (Å²) in [6, 6.07) is 9.57. The van der Waals surface area contributed by atoms with Crippen molar-refractivity contribution >= 4 is 11.2 Å². The number of nitrogens with zero attached hydrogens (tertiary/aromatic N) is 3. The largest absolute Gasteiger partial charge is 0.573 e. The number of H-pyrrole nitrogens is 1. The Kier molecular flexibility index (Phi) is 5.90. The summed E-state index contributed by atoms with van der Waals surface area (Å²) < 4.78 is 64.0. The molecule has 0 aliphatic heterocycles. The van der Waals surface area contributed by atoms with E-state index >= 15 is 0 Å². The maximum absolute atomic E-state index is 14.5. The van der Waals surface area contributed by atoms with Gasteiger partial charge in [0.05, 0.1) is 7.11 Å². The van der Waals surface area contributed by atoms with Crippen molar-refractivity contribution in [3.63, 3.8) is 0 Å². The molecular weight excluding hydrogens is 460 g/mol. The molecule has 0 fully saturated rings. The highest BCUT2D eigenvalue weighted by molar-refractivity contribution is 5.71. The van der Waals surface area contributed by atoms with Gasteiger partial charge in [-0.05, 0) is 41.5 Å². The summed E-state index contributed by atoms with van der Waals surface area (Å²) >= 11 is 0. The van der Waals surface area contributed by atoms with Gasteiger partial charge < -0.3 is 14.0 Å². The van der Waals surface area contributed by atoms with Gasteiger partial charge in [0, 0.05) is 20.0 Å². The van der Waals surface area contributed by atoms with Crippen LogP contribution in [-0.2, 0) is 20.0 Å². The van der Waals surface area contributed by atoms with Crippen LogP contribution >= 0.6 is 0 Å². The van der Waals surface area contributed by atoms with Crippen molar-refractivity contribution < 1.29 is 27.0 Å². The summed E-state index contributed by atoms with van der Waals surface area (Å²) in [7, 11) is 2.93. The van der Waals surface area contributed by atoms with Crippen LogP contribution in [-0.4, -0.2) is 32.6 Å². The van der Waals surface area contributed by atoms with E-state index in [2.05, 4.69) is 14.7 Å². The molecule has 0 saturated carbocycles. The lowest BCUT2D eigenvalue weighted by Crippen LogP contribution is -2.29. The van der Waals surface area contributed by atoms with Gasteiger partial charge in [0.25, 0.3) is 5.56 Å². The van der Waals surface area contributed by atoms with Gasteiger partial charge in [-0.15, -0.1) is 13.2 Å². The van der Waals surface area contributed by atoms with Crippen molar-refractivity contribution in [3.8, 4) is 11.5 Å². The molecule has 2 aromatic heterocycles. The molecule has 4 aromatic rings. The van der Waals surface area contributed by atoms with Gasteiger partial charge in [-0.2, -0.15) is 0 Å². The molecule has 34 heavy (non-hydrogen) atoms. The second-order valence-electron chi connectivity index (χ2n) is 7.43. The molecule has 0 spiro atoms. The Morgan fingerprint density at radius 2 is 1.74 bits per heavy atom. The number of ether oxygens (including phenoxy) is 2. The normalized spacial score (nSPS) is 11.7. The van der Waals surface area contributed by atoms with Crippen LogP contribution in [0.5, 0.6) is 11.5 Å². The molecule has 178 valence electrons. The van der Waals surface area contributed by atoms with Crippen molar-refractivity contribution in [2.24, 2.45) is 7.05 Å². The average molecular weight is 478 g/mol. The maximum Gasteiger partial charge on any atom is 0.573 e. The van der Waals surface area contributed by atoms with Crippen LogP contribution in [0.2, 0.25) is 0 Å². The van der Waals surface area contributed by atoms with E-state index in [1.165, 1.54) is 18.7 Å². The van der Waals surface area contributed by atoms with Gasteiger partial charge in [-0.25, -0.2) is 14.2 Å². The van der Waals surface area contributed by atoms with Crippen LogP contribution in [0.4, 0.5) is 17.6 Å². The summed E-state index contributed by atoms with van der Waals surface area (Å²) in [5, 5.41) is 0. The number of aromatic nitrogens is 4. The second kappa shape index (κ2) is 8.69. The van der Waals surface area contributed by atoms with E-state index < -0.39 is 29.2 Å². The minimum Gasteiger partial charge on any atom is -0.497 e. The number of hydrogen-bond donors (Lipinski definition) is 1. The Morgan fingerprint density at radius 3 is 2.38 bits per heavy atom. The SMILES string of the molecule is COc1ccc(Cn2c(Cc3cc(OC(F)(F)F)ccc3F)nc3c2c(=O)[nH]c(=O)n3C)cc1. The van der Waals surface area contributed by atoms with E-state index in [9.17, 15) is 27.2 Å². The van der Waals surface area contributed by atoms with E-state index in [0.717, 1.165) is 28.3 Å². The lowest BCUT2D eigenvalue weighted by molar-refractivity contribution is -0.274. The topological polar surface area (TPSA) is 91.1 Å². The zero-order valence-electron chi connectivity index (χ0n) is 17.9. The number of hydrogen-bond acceptors (Lipinski definition) is 5. The smallest absolute Gasteiger partial charge is 0.497 e. The number of alkyl halides is 3. The summed E-state index contributed by atoms with van der Waals surface area (Å²) in [6.07, 6.45) is -5.21. The first-order valence-electron chi connectivity index (χ1n) is 9.91. The lowest BCUT2D eigenvalue weighted by atomic mass is 10.1. The number of rotatable bonds is 6. The quantitative estimate of drug-likeness (QED) is 0.430. The molecule has 0 aliphatic rings. The first kappa shape index (κ1) is 23.1. The number of methoxy groups -OCH3 is 1. The molecular formula is C22H18F4N4O4. The molecule has 2 aromatic carbocycles. The molecule has 0 saturated heterocycles. The number of benzene rings is 2. The van der Waals surface area contributed by atoms with Crippen LogP contribution in [0.15, 0.2) is 52.1 Å². The van der Waals surface area contributed by atoms with E-state index in [4.69, 9.17) is 4.74 Å². The zero-order valence-corrected chi connectivity index (χ0v) is 17.9. The molecule has 4 rings (SSSR count). The van der Waals surface area contributed by atoms with Crippen LogP contribution in [0.3, 0.4) is 0 Å². The maximum atomic E-state index is 14.5. The van der Waals surface area contributed by atoms with Gasteiger partial charge >= 0.3 is 12.1 Å². The van der Waals surface area contributed by atoms with Gasteiger partial charge in [0.1, 0.15) is 23.1 Å². The van der Waals surface area contributed by atoms with Gasteiger partial charge in [0.15, 0.2) is 11.2 Å². The van der Waals surface area contributed by atoms with Gasteiger partial charge in [0.2, 0.25) is 0 Å². The predicted octanol–water partition coefficient (Wildman–Crippen LogP) is 3.11. The van der Waals surface area contributed by atoms with E-state index in [1.54, 1.807) is 24.3 Å².